The SMILES string of the molecule is CCc1ccc([N+](=O)[O-])c(F)n1. The molecule has 1 aromatic heterocycles. The number of nitro groups is 1. The van der Waals surface area contributed by atoms with Gasteiger partial charge in [-0.05, 0) is 12.5 Å². The second kappa shape index (κ2) is 3.25. The first-order chi connectivity index (χ1) is 5.65. The molecule has 1 aromatic rings. The van der Waals surface area contributed by atoms with E-state index in [-0.39, 0.29) is 0 Å². The fourth-order valence-electron chi connectivity index (χ4n) is 0.798. The summed E-state index contributed by atoms with van der Waals surface area (Å²) in [5.41, 5.74) is -0.0645. The molecule has 4 nitrogen and oxygen atoms in total. The summed E-state index contributed by atoms with van der Waals surface area (Å²) in [7, 11) is 0. The van der Waals surface area contributed by atoms with Crippen molar-refractivity contribution in [2.24, 2.45) is 0 Å². The third-order valence-corrected chi connectivity index (χ3v) is 1.45. The summed E-state index contributed by atoms with van der Waals surface area (Å²) in [6, 6.07) is 2.57. The van der Waals surface area contributed by atoms with Crippen molar-refractivity contribution >= 4 is 5.69 Å². The lowest BCUT2D eigenvalue weighted by molar-refractivity contribution is -0.388. The van der Waals surface area contributed by atoms with Crippen LogP contribution in [0.5, 0.6) is 0 Å². The van der Waals surface area contributed by atoms with E-state index in [1.807, 2.05) is 0 Å². The van der Waals surface area contributed by atoms with Crippen LogP contribution in [-0.2, 0) is 6.42 Å². The highest BCUT2D eigenvalue weighted by molar-refractivity contribution is 5.28. The second-order valence-corrected chi connectivity index (χ2v) is 2.22. The number of halogens is 1. The van der Waals surface area contributed by atoms with E-state index in [2.05, 4.69) is 4.98 Å². The molecule has 12 heavy (non-hydrogen) atoms. The van der Waals surface area contributed by atoms with E-state index in [9.17, 15) is 14.5 Å². The van der Waals surface area contributed by atoms with Gasteiger partial charge in [-0.2, -0.15) is 4.39 Å². The maximum atomic E-state index is 12.7. The Labute approximate surface area is 68.2 Å². The summed E-state index contributed by atoms with van der Waals surface area (Å²) in [6.45, 7) is 1.80. The third-order valence-electron chi connectivity index (χ3n) is 1.45. The van der Waals surface area contributed by atoms with Gasteiger partial charge in [-0.1, -0.05) is 6.92 Å². The van der Waals surface area contributed by atoms with Crippen molar-refractivity contribution in [1.29, 1.82) is 0 Å². The van der Waals surface area contributed by atoms with Crippen LogP contribution in [0.2, 0.25) is 0 Å². The molecule has 0 aromatic carbocycles. The Morgan fingerprint density at radius 2 is 2.33 bits per heavy atom. The zero-order chi connectivity index (χ0) is 9.14. The standard InChI is InChI=1S/C7H7FN2O2/c1-2-5-3-4-6(10(11)12)7(8)9-5/h3-4H,2H2,1H3. The lowest BCUT2D eigenvalue weighted by Gasteiger charge is -1.95. The molecule has 5 heteroatoms. The average molecular weight is 170 g/mol. The maximum Gasteiger partial charge on any atom is 0.323 e. The predicted octanol–water partition coefficient (Wildman–Crippen LogP) is 1.69. The lowest BCUT2D eigenvalue weighted by Crippen LogP contribution is -1.97. The van der Waals surface area contributed by atoms with E-state index in [4.69, 9.17) is 0 Å². The highest BCUT2D eigenvalue weighted by Gasteiger charge is 2.14. The van der Waals surface area contributed by atoms with Gasteiger partial charge < -0.3 is 0 Å². The van der Waals surface area contributed by atoms with Gasteiger partial charge in [0.2, 0.25) is 0 Å². The van der Waals surface area contributed by atoms with E-state index in [1.165, 1.54) is 6.07 Å². The smallest absolute Gasteiger partial charge is 0.258 e. The number of aromatic nitrogens is 1. The van der Waals surface area contributed by atoms with E-state index in [0.717, 1.165) is 6.07 Å². The van der Waals surface area contributed by atoms with Crippen molar-refractivity contribution in [1.82, 2.24) is 4.98 Å². The van der Waals surface area contributed by atoms with E-state index in [0.29, 0.717) is 12.1 Å². The molecule has 0 radical (unpaired) electrons. The Hall–Kier alpha value is -1.52. The second-order valence-electron chi connectivity index (χ2n) is 2.22. The third kappa shape index (κ3) is 1.55. The van der Waals surface area contributed by atoms with Crippen LogP contribution in [0, 0.1) is 16.1 Å². The number of aryl methyl sites for hydroxylation is 1. The highest BCUT2D eigenvalue weighted by Crippen LogP contribution is 2.14. The van der Waals surface area contributed by atoms with Crippen molar-refractivity contribution in [2.45, 2.75) is 13.3 Å². The Kier molecular flexibility index (Phi) is 2.32. The van der Waals surface area contributed by atoms with E-state index >= 15 is 0 Å². The first kappa shape index (κ1) is 8.58. The van der Waals surface area contributed by atoms with Crippen molar-refractivity contribution in [2.75, 3.05) is 0 Å². The van der Waals surface area contributed by atoms with Gasteiger partial charge in [0.05, 0.1) is 4.92 Å². The molecule has 0 aliphatic rings. The quantitative estimate of drug-likeness (QED) is 0.385. The zero-order valence-electron chi connectivity index (χ0n) is 6.45. The number of pyridine rings is 1. The van der Waals surface area contributed by atoms with Gasteiger partial charge in [0.1, 0.15) is 0 Å². The molecule has 0 saturated carbocycles. The number of hydrogen-bond acceptors (Lipinski definition) is 3. The molecular weight excluding hydrogens is 163 g/mol. The highest BCUT2D eigenvalue weighted by atomic mass is 19.1. The number of nitrogens with zero attached hydrogens (tertiary/aromatic N) is 2. The lowest BCUT2D eigenvalue weighted by atomic mass is 10.3. The molecule has 0 spiro atoms. The summed E-state index contributed by atoms with van der Waals surface area (Å²) in [5, 5.41) is 10.1. The first-order valence-corrected chi connectivity index (χ1v) is 3.45. The molecule has 0 aliphatic carbocycles. The van der Waals surface area contributed by atoms with Gasteiger partial charge >= 0.3 is 5.69 Å². The van der Waals surface area contributed by atoms with Gasteiger partial charge in [-0.15, -0.1) is 0 Å². The molecule has 0 fully saturated rings. The first-order valence-electron chi connectivity index (χ1n) is 3.45. The molecular formula is C7H7FN2O2. The average Bonchev–Trinajstić information content (AvgIpc) is 2.03. The van der Waals surface area contributed by atoms with Crippen molar-refractivity contribution in [3.8, 4) is 0 Å². The topological polar surface area (TPSA) is 56.0 Å². The Morgan fingerprint density at radius 1 is 1.67 bits per heavy atom. The summed E-state index contributed by atoms with van der Waals surface area (Å²) in [5.74, 6) is -1.01. The van der Waals surface area contributed by atoms with Crippen LogP contribution < -0.4 is 0 Å². The van der Waals surface area contributed by atoms with Crippen molar-refractivity contribution in [3.05, 3.63) is 33.9 Å². The monoisotopic (exact) mass is 170 g/mol. The number of hydrogen-bond donors (Lipinski definition) is 0. The van der Waals surface area contributed by atoms with Crippen LogP contribution in [0.25, 0.3) is 0 Å². The van der Waals surface area contributed by atoms with Crippen molar-refractivity contribution in [3.63, 3.8) is 0 Å². The molecule has 0 amide bonds. The summed E-state index contributed by atoms with van der Waals surface area (Å²) < 4.78 is 12.7. The van der Waals surface area contributed by atoms with Crippen LogP contribution in [0.3, 0.4) is 0 Å². The van der Waals surface area contributed by atoms with Crippen LogP contribution in [0.15, 0.2) is 12.1 Å². The maximum absolute atomic E-state index is 12.7. The molecule has 64 valence electrons. The Morgan fingerprint density at radius 3 is 2.75 bits per heavy atom. The largest absolute Gasteiger partial charge is 0.323 e. The fraction of sp³-hybridized carbons (Fsp3) is 0.286. The molecule has 0 unspecified atom stereocenters. The molecule has 1 heterocycles. The van der Waals surface area contributed by atoms with Gasteiger partial charge in [-0.3, -0.25) is 10.1 Å². The molecule has 0 bridgehead atoms. The molecule has 0 aliphatic heterocycles. The van der Waals surface area contributed by atoms with Gasteiger partial charge in [0.25, 0.3) is 5.95 Å². The molecule has 0 N–H and O–H groups in total. The number of rotatable bonds is 2. The van der Waals surface area contributed by atoms with E-state index in [1.54, 1.807) is 6.92 Å². The minimum Gasteiger partial charge on any atom is -0.258 e. The van der Waals surface area contributed by atoms with Gasteiger partial charge in [0, 0.05) is 11.8 Å². The van der Waals surface area contributed by atoms with Crippen LogP contribution >= 0.6 is 0 Å². The van der Waals surface area contributed by atoms with Gasteiger partial charge in [-0.25, -0.2) is 4.98 Å². The van der Waals surface area contributed by atoms with Crippen LogP contribution in [-0.4, -0.2) is 9.91 Å². The minimum atomic E-state index is -1.01. The van der Waals surface area contributed by atoms with Crippen LogP contribution in [0.4, 0.5) is 10.1 Å². The van der Waals surface area contributed by atoms with Gasteiger partial charge in [0.15, 0.2) is 0 Å². The predicted molar refractivity (Wildman–Crippen MR) is 40.2 cm³/mol. The Balaban J connectivity index is 3.12. The summed E-state index contributed by atoms with van der Waals surface area (Å²) in [6.07, 6.45) is 0.564. The van der Waals surface area contributed by atoms with Crippen molar-refractivity contribution < 1.29 is 9.31 Å². The van der Waals surface area contributed by atoms with E-state index < -0.39 is 16.6 Å². The molecule has 0 atom stereocenters. The summed E-state index contributed by atoms with van der Waals surface area (Å²) in [4.78, 5) is 12.8. The fourth-order valence-corrected chi connectivity index (χ4v) is 0.798. The molecule has 0 saturated heterocycles. The molecule has 1 rings (SSSR count). The summed E-state index contributed by atoms with van der Waals surface area (Å²) >= 11 is 0. The minimum absolute atomic E-state index is 0.512. The normalized spacial score (nSPS) is 9.83. The zero-order valence-corrected chi connectivity index (χ0v) is 6.45. The Bertz CT molecular complexity index is 314. The van der Waals surface area contributed by atoms with Crippen LogP contribution in [0.1, 0.15) is 12.6 Å².